The van der Waals surface area contributed by atoms with Crippen LogP contribution < -0.4 is 15.0 Å². The number of aromatic nitrogens is 6. The topological polar surface area (TPSA) is 114 Å². The number of halogens is 1. The monoisotopic (exact) mass is 565 g/mol. The van der Waals surface area contributed by atoms with E-state index < -0.39 is 5.82 Å². The maximum absolute atomic E-state index is 15.6. The minimum absolute atomic E-state index is 0.0250. The van der Waals surface area contributed by atoms with Crippen LogP contribution in [0.3, 0.4) is 0 Å². The van der Waals surface area contributed by atoms with E-state index in [4.69, 9.17) is 9.72 Å². The van der Waals surface area contributed by atoms with E-state index in [9.17, 15) is 4.79 Å². The highest BCUT2D eigenvalue weighted by Gasteiger charge is 2.40. The Labute approximate surface area is 240 Å². The van der Waals surface area contributed by atoms with E-state index in [2.05, 4.69) is 36.8 Å². The lowest BCUT2D eigenvalue weighted by Gasteiger charge is -2.42. The Morgan fingerprint density at radius 1 is 1.12 bits per heavy atom. The summed E-state index contributed by atoms with van der Waals surface area (Å²) in [7, 11) is 0. The van der Waals surface area contributed by atoms with Gasteiger partial charge in [-0.3, -0.25) is 4.79 Å². The average molecular weight is 566 g/mol. The Balaban J connectivity index is 1.14. The summed E-state index contributed by atoms with van der Waals surface area (Å²) in [6.07, 6.45) is 8.25. The molecule has 1 amide bonds. The van der Waals surface area contributed by atoms with Crippen LogP contribution in [-0.2, 0) is 4.79 Å². The molecule has 2 aliphatic rings. The first kappa shape index (κ1) is 25.8. The van der Waals surface area contributed by atoms with Crippen molar-refractivity contribution in [2.75, 3.05) is 29.9 Å². The minimum Gasteiger partial charge on any atom is -0.457 e. The van der Waals surface area contributed by atoms with Crippen molar-refractivity contribution in [3.05, 3.63) is 79.3 Å². The molecule has 42 heavy (non-hydrogen) atoms. The van der Waals surface area contributed by atoms with Crippen molar-refractivity contribution in [1.29, 1.82) is 0 Å². The quantitative estimate of drug-likeness (QED) is 0.281. The fourth-order valence-corrected chi connectivity index (χ4v) is 5.48. The summed E-state index contributed by atoms with van der Waals surface area (Å²) < 4.78 is 23.2. The van der Waals surface area contributed by atoms with Gasteiger partial charge in [0.25, 0.3) is 0 Å². The summed E-state index contributed by atoms with van der Waals surface area (Å²) in [5.74, 6) is 2.08. The van der Waals surface area contributed by atoms with Gasteiger partial charge in [-0.25, -0.2) is 28.8 Å². The van der Waals surface area contributed by atoms with Crippen LogP contribution in [0, 0.1) is 18.7 Å². The molecule has 212 valence electrons. The smallest absolute Gasteiger partial charge is 0.246 e. The fourth-order valence-electron chi connectivity index (χ4n) is 5.48. The summed E-state index contributed by atoms with van der Waals surface area (Å²) in [4.78, 5) is 34.4. The van der Waals surface area contributed by atoms with Crippen LogP contribution in [0.2, 0.25) is 0 Å². The standard InChI is InChI=1S/C30H28FN9O2/c1-3-27(41)39-13-12-38(15-23(39)19-4-5-19)25-9-7-22-29(37-25)30(34-16-32-22)36-21-6-8-24(18(2)28(21)31)42-20-10-11-40-26(14-20)33-17-35-40/h3,6-11,14,16-17,19,23H,1,4-5,12-13,15H2,2H3,(H,32,34,36)/t23-/m0/s1. The summed E-state index contributed by atoms with van der Waals surface area (Å²) >= 11 is 0. The molecule has 7 rings (SSSR count). The second kappa shape index (κ2) is 10.4. The first-order valence-corrected chi connectivity index (χ1v) is 13.8. The molecule has 0 radical (unpaired) electrons. The fraction of sp³-hybridized carbons (Fsp3) is 0.267. The van der Waals surface area contributed by atoms with Gasteiger partial charge in [-0.15, -0.1) is 0 Å². The number of nitrogens with zero attached hydrogens (tertiary/aromatic N) is 8. The van der Waals surface area contributed by atoms with Gasteiger partial charge in [0.05, 0.1) is 17.2 Å². The molecule has 1 saturated heterocycles. The normalized spacial score (nSPS) is 17.0. The zero-order chi connectivity index (χ0) is 28.8. The average Bonchev–Trinajstić information content (AvgIpc) is 3.77. The first-order valence-electron chi connectivity index (χ1n) is 13.8. The lowest BCUT2D eigenvalue weighted by atomic mass is 10.1. The Morgan fingerprint density at radius 2 is 2.00 bits per heavy atom. The van der Waals surface area contributed by atoms with Gasteiger partial charge in [-0.2, -0.15) is 5.10 Å². The molecule has 0 bridgehead atoms. The van der Waals surface area contributed by atoms with E-state index in [-0.39, 0.29) is 17.6 Å². The molecular weight excluding hydrogens is 537 g/mol. The van der Waals surface area contributed by atoms with Crippen molar-refractivity contribution in [1.82, 2.24) is 34.4 Å². The third kappa shape index (κ3) is 4.74. The number of fused-ring (bicyclic) bond motifs is 2. The van der Waals surface area contributed by atoms with E-state index in [1.54, 1.807) is 41.9 Å². The number of hydrogen-bond donors (Lipinski definition) is 1. The number of ether oxygens (including phenoxy) is 1. The summed E-state index contributed by atoms with van der Waals surface area (Å²) in [6.45, 7) is 7.28. The lowest BCUT2D eigenvalue weighted by Crippen LogP contribution is -2.56. The zero-order valence-electron chi connectivity index (χ0n) is 22.9. The molecule has 2 fully saturated rings. The maximum atomic E-state index is 15.6. The molecule has 1 saturated carbocycles. The van der Waals surface area contributed by atoms with Crippen LogP contribution in [0.5, 0.6) is 11.5 Å². The number of hydrogen-bond acceptors (Lipinski definition) is 9. The van der Waals surface area contributed by atoms with Crippen LogP contribution in [-0.4, -0.2) is 66.0 Å². The molecule has 11 nitrogen and oxygen atoms in total. The molecule has 5 heterocycles. The van der Waals surface area contributed by atoms with Crippen LogP contribution >= 0.6 is 0 Å². The molecule has 1 atom stereocenters. The number of piperazine rings is 1. The number of nitrogens with one attached hydrogen (secondary N) is 1. The first-order chi connectivity index (χ1) is 20.5. The molecular formula is C30H28FN9O2. The Morgan fingerprint density at radius 3 is 2.83 bits per heavy atom. The molecule has 4 aromatic heterocycles. The zero-order valence-corrected chi connectivity index (χ0v) is 22.9. The number of pyridine rings is 2. The van der Waals surface area contributed by atoms with Crippen molar-refractivity contribution < 1.29 is 13.9 Å². The predicted octanol–water partition coefficient (Wildman–Crippen LogP) is 4.66. The van der Waals surface area contributed by atoms with Gasteiger partial charge in [-0.05, 0) is 62.1 Å². The number of anilines is 3. The summed E-state index contributed by atoms with van der Waals surface area (Å²) in [5, 5.41) is 7.19. The number of amides is 1. The second-order valence-electron chi connectivity index (χ2n) is 10.5. The van der Waals surface area contributed by atoms with Crippen molar-refractivity contribution in [2.45, 2.75) is 25.8 Å². The number of benzene rings is 1. The molecule has 1 aliphatic heterocycles. The van der Waals surface area contributed by atoms with Crippen LogP contribution in [0.25, 0.3) is 16.7 Å². The molecule has 1 aliphatic carbocycles. The number of rotatable bonds is 7. The van der Waals surface area contributed by atoms with E-state index in [0.717, 1.165) is 18.7 Å². The SMILES string of the molecule is C=CC(=O)N1CCN(c2ccc3ncnc(Nc4ccc(Oc5ccn6ncnc6c5)c(C)c4F)c3n2)C[C@H]1C1CC1. The third-order valence-corrected chi connectivity index (χ3v) is 7.90. The van der Waals surface area contributed by atoms with Gasteiger partial charge in [-0.1, -0.05) is 6.58 Å². The van der Waals surface area contributed by atoms with Gasteiger partial charge in [0.15, 0.2) is 17.3 Å². The van der Waals surface area contributed by atoms with E-state index in [0.29, 0.717) is 65.1 Å². The van der Waals surface area contributed by atoms with Crippen LogP contribution in [0.1, 0.15) is 18.4 Å². The van der Waals surface area contributed by atoms with E-state index in [1.165, 1.54) is 18.7 Å². The maximum Gasteiger partial charge on any atom is 0.246 e. The number of carbonyl (C=O) groups is 1. The lowest BCUT2D eigenvalue weighted by molar-refractivity contribution is -0.129. The minimum atomic E-state index is -0.464. The van der Waals surface area contributed by atoms with Crippen LogP contribution in [0.4, 0.5) is 21.7 Å². The number of carbonyl (C=O) groups excluding carboxylic acids is 1. The summed E-state index contributed by atoms with van der Waals surface area (Å²) in [5.41, 5.74) is 2.37. The van der Waals surface area contributed by atoms with E-state index >= 15 is 4.39 Å². The Bertz CT molecular complexity index is 1840. The Hall–Kier alpha value is -5.13. The van der Waals surface area contributed by atoms with Crippen molar-refractivity contribution >= 4 is 39.9 Å². The molecule has 0 spiro atoms. The van der Waals surface area contributed by atoms with Gasteiger partial charge >= 0.3 is 0 Å². The molecule has 12 heteroatoms. The highest BCUT2D eigenvalue weighted by Crippen LogP contribution is 2.38. The second-order valence-corrected chi connectivity index (χ2v) is 10.5. The third-order valence-electron chi connectivity index (χ3n) is 7.90. The highest BCUT2D eigenvalue weighted by molar-refractivity contribution is 5.89. The van der Waals surface area contributed by atoms with Gasteiger partial charge in [0.2, 0.25) is 5.91 Å². The molecule has 5 aromatic rings. The largest absolute Gasteiger partial charge is 0.457 e. The van der Waals surface area contributed by atoms with Crippen LogP contribution in [0.15, 0.2) is 67.9 Å². The van der Waals surface area contributed by atoms with Gasteiger partial charge < -0.3 is 19.9 Å². The highest BCUT2D eigenvalue weighted by atomic mass is 19.1. The molecule has 1 aromatic carbocycles. The van der Waals surface area contributed by atoms with Crippen molar-refractivity contribution in [2.24, 2.45) is 5.92 Å². The van der Waals surface area contributed by atoms with Gasteiger partial charge in [0.1, 0.15) is 35.5 Å². The van der Waals surface area contributed by atoms with Crippen molar-refractivity contribution in [3.8, 4) is 11.5 Å². The molecule has 0 unspecified atom stereocenters. The van der Waals surface area contributed by atoms with E-state index in [1.807, 2.05) is 17.0 Å². The Kier molecular flexibility index (Phi) is 6.37. The van der Waals surface area contributed by atoms with Crippen molar-refractivity contribution in [3.63, 3.8) is 0 Å². The summed E-state index contributed by atoms with van der Waals surface area (Å²) in [6, 6.07) is 10.7. The predicted molar refractivity (Wildman–Crippen MR) is 155 cm³/mol. The molecule has 1 N–H and O–H groups in total. The van der Waals surface area contributed by atoms with Gasteiger partial charge in [0, 0.05) is 37.5 Å².